The lowest BCUT2D eigenvalue weighted by Crippen LogP contribution is -2.44. The largest absolute Gasteiger partial charge is 0.325 e. The average Bonchev–Trinajstić information content (AvgIpc) is 2.69. The van der Waals surface area contributed by atoms with Crippen molar-refractivity contribution in [2.75, 3.05) is 5.32 Å². The van der Waals surface area contributed by atoms with Crippen molar-refractivity contribution in [1.82, 2.24) is 9.71 Å². The summed E-state index contributed by atoms with van der Waals surface area (Å²) in [5, 5.41) is 3.81. The van der Waals surface area contributed by atoms with Crippen LogP contribution in [0.1, 0.15) is 25.8 Å². The normalized spacial score (nSPS) is 12.8. The molecule has 0 aliphatic heterocycles. The fourth-order valence-electron chi connectivity index (χ4n) is 3.13. The number of sulfonamides is 1. The number of carbonyl (C=O) groups excluding carboxylic acids is 1. The third kappa shape index (κ3) is 5.72. The number of carbonyl (C=O) groups is 1. The highest BCUT2D eigenvalue weighted by atomic mass is 35.5. The van der Waals surface area contributed by atoms with Crippen LogP contribution in [-0.2, 0) is 14.8 Å². The van der Waals surface area contributed by atoms with Crippen LogP contribution in [0.2, 0.25) is 5.02 Å². The summed E-state index contributed by atoms with van der Waals surface area (Å²) in [6.07, 6.45) is 0.311. The summed E-state index contributed by atoms with van der Waals surface area (Å²) in [4.78, 5) is 27.0. The SMILES string of the molecule is Cc1ccc(NC(=O)[C@@H](CC(C)C)NS(=O)(=O)c2ccc3[nH]c(=O)ccc3c2)cc1Cl. The molecule has 1 heterocycles. The molecule has 0 radical (unpaired) electrons. The van der Waals surface area contributed by atoms with Gasteiger partial charge < -0.3 is 10.3 Å². The van der Waals surface area contributed by atoms with E-state index in [4.69, 9.17) is 11.6 Å². The maximum atomic E-state index is 13.0. The van der Waals surface area contributed by atoms with E-state index in [1.165, 1.54) is 24.3 Å². The second-order valence-electron chi connectivity index (χ2n) is 7.83. The molecule has 1 amide bonds. The molecule has 1 atom stereocenters. The van der Waals surface area contributed by atoms with Crippen LogP contribution in [0.15, 0.2) is 58.2 Å². The van der Waals surface area contributed by atoms with E-state index >= 15 is 0 Å². The fourth-order valence-corrected chi connectivity index (χ4v) is 4.56. The van der Waals surface area contributed by atoms with Crippen LogP contribution in [0.25, 0.3) is 10.9 Å². The summed E-state index contributed by atoms with van der Waals surface area (Å²) < 4.78 is 28.5. The van der Waals surface area contributed by atoms with Crippen LogP contribution in [-0.4, -0.2) is 25.4 Å². The van der Waals surface area contributed by atoms with Crippen molar-refractivity contribution >= 4 is 44.1 Å². The number of halogens is 1. The van der Waals surface area contributed by atoms with Gasteiger partial charge in [0.25, 0.3) is 0 Å². The minimum absolute atomic E-state index is 0.00647. The summed E-state index contributed by atoms with van der Waals surface area (Å²) in [6.45, 7) is 5.66. The Bertz CT molecular complexity index is 1290. The summed E-state index contributed by atoms with van der Waals surface area (Å²) in [7, 11) is -3.99. The highest BCUT2D eigenvalue weighted by Gasteiger charge is 2.27. The molecule has 0 unspecified atom stereocenters. The number of H-pyrrole nitrogens is 1. The molecule has 3 rings (SSSR count). The standard InChI is InChI=1S/C22H24ClN3O4S/c1-13(2)10-20(22(28)24-16-6-4-14(3)18(23)12-16)26-31(29,30)17-7-8-19-15(11-17)5-9-21(27)25-19/h4-9,11-13,20,26H,10H2,1-3H3,(H,24,28)(H,25,27)/t20-/m1/s1. The van der Waals surface area contributed by atoms with E-state index in [0.717, 1.165) is 5.56 Å². The number of anilines is 1. The minimum Gasteiger partial charge on any atom is -0.325 e. The van der Waals surface area contributed by atoms with Gasteiger partial charge in [-0.3, -0.25) is 9.59 Å². The van der Waals surface area contributed by atoms with Crippen LogP contribution in [0.4, 0.5) is 5.69 Å². The summed E-state index contributed by atoms with van der Waals surface area (Å²) in [5.74, 6) is -0.399. The number of fused-ring (bicyclic) bond motifs is 1. The first kappa shape index (κ1) is 23.0. The van der Waals surface area contributed by atoms with E-state index < -0.39 is 22.0 Å². The number of hydrogen-bond donors (Lipinski definition) is 3. The Labute approximate surface area is 185 Å². The van der Waals surface area contributed by atoms with E-state index in [1.54, 1.807) is 24.3 Å². The van der Waals surface area contributed by atoms with Gasteiger partial charge in [-0.05, 0) is 66.6 Å². The third-order valence-electron chi connectivity index (χ3n) is 4.77. The Morgan fingerprint density at radius 1 is 1.10 bits per heavy atom. The van der Waals surface area contributed by atoms with Crippen LogP contribution >= 0.6 is 11.6 Å². The van der Waals surface area contributed by atoms with Gasteiger partial charge in [0, 0.05) is 22.3 Å². The number of aromatic amines is 1. The first-order valence-corrected chi connectivity index (χ1v) is 11.6. The number of benzene rings is 2. The Morgan fingerprint density at radius 3 is 2.52 bits per heavy atom. The number of amides is 1. The monoisotopic (exact) mass is 461 g/mol. The van der Waals surface area contributed by atoms with Crippen LogP contribution in [0.5, 0.6) is 0 Å². The Morgan fingerprint density at radius 2 is 1.84 bits per heavy atom. The predicted molar refractivity (Wildman–Crippen MR) is 123 cm³/mol. The third-order valence-corrected chi connectivity index (χ3v) is 6.64. The molecule has 0 bridgehead atoms. The van der Waals surface area contributed by atoms with Crippen molar-refractivity contribution in [1.29, 1.82) is 0 Å². The molecular weight excluding hydrogens is 438 g/mol. The lowest BCUT2D eigenvalue weighted by molar-refractivity contribution is -0.118. The van der Waals surface area contributed by atoms with Crippen molar-refractivity contribution in [2.45, 2.75) is 38.1 Å². The van der Waals surface area contributed by atoms with Crippen molar-refractivity contribution < 1.29 is 13.2 Å². The van der Waals surface area contributed by atoms with Crippen molar-refractivity contribution in [3.8, 4) is 0 Å². The van der Waals surface area contributed by atoms with E-state index in [-0.39, 0.29) is 16.4 Å². The summed E-state index contributed by atoms with van der Waals surface area (Å²) in [5.41, 5.74) is 1.62. The quantitative estimate of drug-likeness (QED) is 0.497. The van der Waals surface area contributed by atoms with Crippen molar-refractivity contribution in [3.63, 3.8) is 0 Å². The van der Waals surface area contributed by atoms with E-state index in [0.29, 0.717) is 28.0 Å². The molecular formula is C22H24ClN3O4S. The van der Waals surface area contributed by atoms with Crippen LogP contribution in [0, 0.1) is 12.8 Å². The molecule has 1 aromatic heterocycles. The average molecular weight is 462 g/mol. The second-order valence-corrected chi connectivity index (χ2v) is 9.95. The van der Waals surface area contributed by atoms with Gasteiger partial charge in [0.2, 0.25) is 21.5 Å². The van der Waals surface area contributed by atoms with Crippen molar-refractivity contribution in [3.05, 3.63) is 69.5 Å². The molecule has 0 saturated carbocycles. The van der Waals surface area contributed by atoms with Gasteiger partial charge in [-0.15, -0.1) is 0 Å². The number of pyridine rings is 1. The van der Waals surface area contributed by atoms with Gasteiger partial charge >= 0.3 is 0 Å². The van der Waals surface area contributed by atoms with Gasteiger partial charge in [-0.2, -0.15) is 4.72 Å². The first-order valence-electron chi connectivity index (χ1n) is 9.77. The molecule has 31 heavy (non-hydrogen) atoms. The highest BCUT2D eigenvalue weighted by Crippen LogP contribution is 2.21. The summed E-state index contributed by atoms with van der Waals surface area (Å²) >= 11 is 6.12. The van der Waals surface area contributed by atoms with Gasteiger partial charge in [0.1, 0.15) is 6.04 Å². The molecule has 0 aliphatic carbocycles. The highest BCUT2D eigenvalue weighted by molar-refractivity contribution is 7.89. The minimum atomic E-state index is -3.99. The molecule has 0 aliphatic rings. The number of rotatable bonds is 7. The smallest absolute Gasteiger partial charge is 0.248 e. The molecule has 0 spiro atoms. The van der Waals surface area contributed by atoms with Gasteiger partial charge in [-0.1, -0.05) is 31.5 Å². The Kier molecular flexibility index (Phi) is 6.83. The van der Waals surface area contributed by atoms with Gasteiger partial charge in [0.15, 0.2) is 0 Å². The fraction of sp³-hybridized carbons (Fsp3) is 0.273. The molecule has 7 nitrogen and oxygen atoms in total. The number of nitrogens with one attached hydrogen (secondary N) is 3. The van der Waals surface area contributed by atoms with E-state index in [1.807, 2.05) is 20.8 Å². The Hall–Kier alpha value is -2.68. The first-order chi connectivity index (χ1) is 14.5. The molecule has 9 heteroatoms. The number of aryl methyl sites for hydroxylation is 1. The van der Waals surface area contributed by atoms with Crippen LogP contribution in [0.3, 0.4) is 0 Å². The second kappa shape index (κ2) is 9.21. The number of aromatic nitrogens is 1. The van der Waals surface area contributed by atoms with E-state index in [2.05, 4.69) is 15.0 Å². The lowest BCUT2D eigenvalue weighted by Gasteiger charge is -2.20. The summed E-state index contributed by atoms with van der Waals surface area (Å²) in [6, 6.07) is 11.4. The van der Waals surface area contributed by atoms with E-state index in [9.17, 15) is 18.0 Å². The topological polar surface area (TPSA) is 108 Å². The Balaban J connectivity index is 1.86. The zero-order valence-electron chi connectivity index (χ0n) is 17.4. The van der Waals surface area contributed by atoms with Gasteiger partial charge in [-0.25, -0.2) is 8.42 Å². The zero-order chi connectivity index (χ0) is 22.8. The van der Waals surface area contributed by atoms with Gasteiger partial charge in [0.05, 0.1) is 4.90 Å². The molecule has 3 N–H and O–H groups in total. The zero-order valence-corrected chi connectivity index (χ0v) is 19.0. The molecule has 2 aromatic carbocycles. The number of hydrogen-bond acceptors (Lipinski definition) is 4. The molecule has 0 fully saturated rings. The molecule has 164 valence electrons. The lowest BCUT2D eigenvalue weighted by atomic mass is 10.0. The predicted octanol–water partition coefficient (Wildman–Crippen LogP) is 3.82. The van der Waals surface area contributed by atoms with Crippen molar-refractivity contribution in [2.24, 2.45) is 5.92 Å². The molecule has 0 saturated heterocycles. The molecule has 3 aromatic rings. The maximum Gasteiger partial charge on any atom is 0.248 e. The maximum absolute atomic E-state index is 13.0. The van der Waals surface area contributed by atoms with Crippen LogP contribution < -0.4 is 15.6 Å².